The average Bonchev–Trinajstić information content (AvgIpc) is 2.87. The number of pyridine rings is 1. The Morgan fingerprint density at radius 1 is 1.42 bits per heavy atom. The number of carbonyl (C=O) groups excluding carboxylic acids is 1. The molecule has 2 aromatic rings. The summed E-state index contributed by atoms with van der Waals surface area (Å²) in [5.41, 5.74) is 2.32. The fourth-order valence-corrected chi connectivity index (χ4v) is 2.85. The second-order valence-corrected chi connectivity index (χ2v) is 5.36. The highest BCUT2D eigenvalue weighted by atomic mass is 16.2. The number of hydrogen-bond acceptors (Lipinski definition) is 2. The van der Waals surface area contributed by atoms with Crippen LogP contribution in [0.5, 0.6) is 0 Å². The van der Waals surface area contributed by atoms with Crippen LogP contribution >= 0.6 is 0 Å². The number of nitrogens with zero attached hydrogens (tertiary/aromatic N) is 2. The Bertz CT molecular complexity index is 608. The summed E-state index contributed by atoms with van der Waals surface area (Å²) in [5.74, 6) is 0.769. The van der Waals surface area contributed by atoms with Crippen LogP contribution in [0.3, 0.4) is 0 Å². The first-order valence-electron chi connectivity index (χ1n) is 6.81. The number of amides is 1. The van der Waals surface area contributed by atoms with E-state index in [0.29, 0.717) is 5.92 Å². The zero-order valence-electron chi connectivity index (χ0n) is 11.2. The third-order valence-electron chi connectivity index (χ3n) is 3.90. The molecule has 1 amide bonds. The van der Waals surface area contributed by atoms with E-state index < -0.39 is 0 Å². The highest BCUT2D eigenvalue weighted by Crippen LogP contribution is 2.22. The quantitative estimate of drug-likeness (QED) is 0.825. The molecule has 0 N–H and O–H groups in total. The number of likely N-dealkylation sites (tertiary alicyclic amines) is 1. The van der Waals surface area contributed by atoms with E-state index in [-0.39, 0.29) is 5.91 Å². The van der Waals surface area contributed by atoms with E-state index in [1.54, 1.807) is 6.92 Å². The molecule has 1 aromatic heterocycles. The molecule has 1 saturated heterocycles. The first-order chi connectivity index (χ1) is 9.22. The molecule has 3 heteroatoms. The van der Waals surface area contributed by atoms with Gasteiger partial charge in [-0.05, 0) is 36.5 Å². The minimum atomic E-state index is 0.194. The van der Waals surface area contributed by atoms with Crippen molar-refractivity contribution in [3.05, 3.63) is 42.1 Å². The van der Waals surface area contributed by atoms with Crippen LogP contribution in [-0.4, -0.2) is 28.9 Å². The van der Waals surface area contributed by atoms with Crippen molar-refractivity contribution in [2.24, 2.45) is 5.92 Å². The Morgan fingerprint density at radius 3 is 3.05 bits per heavy atom. The van der Waals surface area contributed by atoms with Crippen molar-refractivity contribution in [3.63, 3.8) is 0 Å². The zero-order valence-corrected chi connectivity index (χ0v) is 11.2. The Morgan fingerprint density at radius 2 is 2.26 bits per heavy atom. The van der Waals surface area contributed by atoms with Gasteiger partial charge in [-0.3, -0.25) is 9.78 Å². The molecule has 19 heavy (non-hydrogen) atoms. The SMILES string of the molecule is CC(=O)N1CC[C@@H](Cc2cnc3ccccc3c2)C1. The van der Waals surface area contributed by atoms with Crippen LogP contribution in [-0.2, 0) is 11.2 Å². The third kappa shape index (κ3) is 2.60. The van der Waals surface area contributed by atoms with Gasteiger partial charge in [0.1, 0.15) is 0 Å². The smallest absolute Gasteiger partial charge is 0.219 e. The van der Waals surface area contributed by atoms with Crippen LogP contribution in [0, 0.1) is 5.92 Å². The van der Waals surface area contributed by atoms with Crippen molar-refractivity contribution in [1.29, 1.82) is 0 Å². The van der Waals surface area contributed by atoms with E-state index in [1.165, 1.54) is 10.9 Å². The molecule has 1 fully saturated rings. The molecular formula is C16H18N2O. The molecule has 1 aromatic carbocycles. The second kappa shape index (κ2) is 5.00. The summed E-state index contributed by atoms with van der Waals surface area (Å²) < 4.78 is 0. The van der Waals surface area contributed by atoms with Crippen LogP contribution in [0.1, 0.15) is 18.9 Å². The molecule has 0 radical (unpaired) electrons. The van der Waals surface area contributed by atoms with E-state index in [4.69, 9.17) is 0 Å². The summed E-state index contributed by atoms with van der Waals surface area (Å²) in [4.78, 5) is 17.8. The monoisotopic (exact) mass is 254 g/mol. The van der Waals surface area contributed by atoms with Gasteiger partial charge in [-0.2, -0.15) is 0 Å². The van der Waals surface area contributed by atoms with Crippen molar-refractivity contribution in [3.8, 4) is 0 Å². The fraction of sp³-hybridized carbons (Fsp3) is 0.375. The van der Waals surface area contributed by atoms with Gasteiger partial charge in [0.15, 0.2) is 0 Å². The fourth-order valence-electron chi connectivity index (χ4n) is 2.85. The van der Waals surface area contributed by atoms with Gasteiger partial charge >= 0.3 is 0 Å². The van der Waals surface area contributed by atoms with Crippen LogP contribution in [0.4, 0.5) is 0 Å². The summed E-state index contributed by atoms with van der Waals surface area (Å²) in [6.07, 6.45) is 4.09. The van der Waals surface area contributed by atoms with Crippen molar-refractivity contribution < 1.29 is 4.79 Å². The predicted molar refractivity (Wildman–Crippen MR) is 75.8 cm³/mol. The van der Waals surface area contributed by atoms with Crippen molar-refractivity contribution in [2.75, 3.05) is 13.1 Å². The maximum Gasteiger partial charge on any atom is 0.219 e. The van der Waals surface area contributed by atoms with Crippen LogP contribution in [0.25, 0.3) is 10.9 Å². The molecule has 0 aliphatic carbocycles. The van der Waals surface area contributed by atoms with Crippen LogP contribution < -0.4 is 0 Å². The first kappa shape index (κ1) is 12.2. The maximum atomic E-state index is 11.3. The molecule has 3 nitrogen and oxygen atoms in total. The van der Waals surface area contributed by atoms with Crippen molar-refractivity contribution in [1.82, 2.24) is 9.88 Å². The van der Waals surface area contributed by atoms with Gasteiger partial charge in [-0.25, -0.2) is 0 Å². The lowest BCUT2D eigenvalue weighted by atomic mass is 9.99. The summed E-state index contributed by atoms with van der Waals surface area (Å²) in [6, 6.07) is 10.4. The highest BCUT2D eigenvalue weighted by molar-refractivity contribution is 5.78. The lowest BCUT2D eigenvalue weighted by Crippen LogP contribution is -2.26. The molecule has 3 rings (SSSR count). The summed E-state index contributed by atoms with van der Waals surface area (Å²) >= 11 is 0. The Balaban J connectivity index is 1.73. The average molecular weight is 254 g/mol. The first-order valence-corrected chi connectivity index (χ1v) is 6.81. The van der Waals surface area contributed by atoms with Crippen LogP contribution in [0.2, 0.25) is 0 Å². The lowest BCUT2D eigenvalue weighted by molar-refractivity contribution is -0.127. The number of rotatable bonds is 2. The van der Waals surface area contributed by atoms with E-state index >= 15 is 0 Å². The maximum absolute atomic E-state index is 11.3. The largest absolute Gasteiger partial charge is 0.343 e. The number of fused-ring (bicyclic) bond motifs is 1. The predicted octanol–water partition coefficient (Wildman–Crippen LogP) is 2.65. The zero-order chi connectivity index (χ0) is 13.2. The van der Waals surface area contributed by atoms with Gasteiger partial charge in [-0.1, -0.05) is 18.2 Å². The molecular weight excluding hydrogens is 236 g/mol. The minimum Gasteiger partial charge on any atom is -0.343 e. The normalized spacial score (nSPS) is 19.0. The Labute approximate surface area is 113 Å². The molecule has 0 spiro atoms. The molecule has 98 valence electrons. The van der Waals surface area contributed by atoms with Gasteiger partial charge in [0, 0.05) is 31.6 Å². The number of aromatic nitrogens is 1. The van der Waals surface area contributed by atoms with Crippen molar-refractivity contribution in [2.45, 2.75) is 19.8 Å². The Hall–Kier alpha value is -1.90. The van der Waals surface area contributed by atoms with Gasteiger partial charge < -0.3 is 4.90 Å². The molecule has 1 aliphatic rings. The standard InChI is InChI=1S/C16H18N2O/c1-12(19)18-7-6-13(11-18)8-14-9-15-4-2-3-5-16(15)17-10-14/h2-5,9-10,13H,6-8,11H2,1H3/t13-/m0/s1. The van der Waals surface area contributed by atoms with Gasteiger partial charge in [-0.15, -0.1) is 0 Å². The summed E-state index contributed by atoms with van der Waals surface area (Å²) in [6.45, 7) is 3.45. The number of carbonyl (C=O) groups is 1. The number of hydrogen-bond donors (Lipinski definition) is 0. The topological polar surface area (TPSA) is 33.2 Å². The Kier molecular flexibility index (Phi) is 3.20. The van der Waals surface area contributed by atoms with Gasteiger partial charge in [0.05, 0.1) is 5.52 Å². The summed E-state index contributed by atoms with van der Waals surface area (Å²) in [7, 11) is 0. The molecule has 1 atom stereocenters. The van der Waals surface area contributed by atoms with Crippen LogP contribution in [0.15, 0.2) is 36.5 Å². The second-order valence-electron chi connectivity index (χ2n) is 5.36. The molecule has 0 unspecified atom stereocenters. The van der Waals surface area contributed by atoms with E-state index in [2.05, 4.69) is 17.1 Å². The van der Waals surface area contributed by atoms with Gasteiger partial charge in [0.25, 0.3) is 0 Å². The highest BCUT2D eigenvalue weighted by Gasteiger charge is 2.24. The van der Waals surface area contributed by atoms with Crippen molar-refractivity contribution >= 4 is 16.8 Å². The molecule has 0 bridgehead atoms. The van der Waals surface area contributed by atoms with E-state index in [0.717, 1.165) is 31.4 Å². The molecule has 1 aliphatic heterocycles. The molecule has 0 saturated carbocycles. The lowest BCUT2D eigenvalue weighted by Gasteiger charge is -2.14. The van der Waals surface area contributed by atoms with Gasteiger partial charge in [0.2, 0.25) is 5.91 Å². The summed E-state index contributed by atoms with van der Waals surface area (Å²) in [5, 5.41) is 1.20. The molecule has 2 heterocycles. The number of para-hydroxylation sites is 1. The van der Waals surface area contributed by atoms with E-state index in [1.807, 2.05) is 29.3 Å². The number of benzene rings is 1. The minimum absolute atomic E-state index is 0.194. The van der Waals surface area contributed by atoms with E-state index in [9.17, 15) is 4.79 Å². The third-order valence-corrected chi connectivity index (χ3v) is 3.90.